The first kappa shape index (κ1) is 14.7. The van der Waals surface area contributed by atoms with Crippen molar-refractivity contribution in [2.75, 3.05) is 0 Å². The van der Waals surface area contributed by atoms with E-state index in [1.807, 2.05) is 39.8 Å². The molecule has 0 amide bonds. The summed E-state index contributed by atoms with van der Waals surface area (Å²) in [6.45, 7) is 7.44. The zero-order chi connectivity index (χ0) is 13.9. The predicted molar refractivity (Wildman–Crippen MR) is 75.1 cm³/mol. The Bertz CT molecular complexity index is 608. The van der Waals surface area contributed by atoms with Crippen molar-refractivity contribution in [2.45, 2.75) is 32.6 Å². The summed E-state index contributed by atoms with van der Waals surface area (Å²) in [5.41, 5.74) is 3.20. The van der Waals surface area contributed by atoms with E-state index in [0.29, 0.717) is 5.56 Å². The molecule has 0 aliphatic carbocycles. The summed E-state index contributed by atoms with van der Waals surface area (Å²) in [5.74, 6) is 0. The fraction of sp³-hybridized carbons (Fsp3) is 0.286. The number of hydrogen-bond donors (Lipinski definition) is 1. The van der Waals surface area contributed by atoms with Gasteiger partial charge >= 0.3 is 0 Å². The molecule has 0 fully saturated rings. The largest absolute Gasteiger partial charge is 0.295 e. The van der Waals surface area contributed by atoms with Gasteiger partial charge in [-0.05, 0) is 50.5 Å². The third-order valence-corrected chi connectivity index (χ3v) is 3.74. The Balaban J connectivity index is 3.84. The first-order chi connectivity index (χ1) is 8.32. The van der Waals surface area contributed by atoms with E-state index in [2.05, 4.69) is 0 Å². The smallest absolute Gasteiger partial charge is 0.282 e. The van der Waals surface area contributed by atoms with Gasteiger partial charge < -0.3 is 0 Å². The van der Waals surface area contributed by atoms with Gasteiger partial charge in [0.05, 0.1) is 0 Å². The molecular formula is C14H18O3S. The van der Waals surface area contributed by atoms with Crippen molar-refractivity contribution in [3.05, 3.63) is 40.5 Å². The summed E-state index contributed by atoms with van der Waals surface area (Å²) < 4.78 is 32.2. The van der Waals surface area contributed by atoms with Crippen LogP contribution in [-0.2, 0) is 10.1 Å². The van der Waals surface area contributed by atoms with Crippen molar-refractivity contribution in [2.24, 2.45) is 0 Å². The van der Waals surface area contributed by atoms with Crippen LogP contribution in [0.2, 0.25) is 0 Å². The average molecular weight is 266 g/mol. The van der Waals surface area contributed by atoms with Crippen molar-refractivity contribution in [1.82, 2.24) is 0 Å². The first-order valence-electron chi connectivity index (χ1n) is 5.70. The second kappa shape index (κ2) is 5.50. The van der Waals surface area contributed by atoms with Gasteiger partial charge in [-0.1, -0.05) is 24.3 Å². The molecule has 1 aromatic carbocycles. The van der Waals surface area contributed by atoms with E-state index in [0.717, 1.165) is 16.7 Å². The lowest BCUT2D eigenvalue weighted by molar-refractivity contribution is 0.483. The van der Waals surface area contributed by atoms with Crippen molar-refractivity contribution in [3.8, 4) is 0 Å². The number of aryl methyl sites for hydroxylation is 1. The van der Waals surface area contributed by atoms with Gasteiger partial charge in [0.25, 0.3) is 10.1 Å². The molecule has 0 atom stereocenters. The molecule has 0 radical (unpaired) electrons. The maximum atomic E-state index is 11.4. The fourth-order valence-electron chi connectivity index (χ4n) is 1.86. The molecule has 1 rings (SSSR count). The molecule has 1 N–H and O–H groups in total. The van der Waals surface area contributed by atoms with Crippen LogP contribution < -0.4 is 0 Å². The Morgan fingerprint density at radius 1 is 1.06 bits per heavy atom. The van der Waals surface area contributed by atoms with Crippen LogP contribution in [0.3, 0.4) is 0 Å². The second-order valence-electron chi connectivity index (χ2n) is 4.12. The molecule has 0 aliphatic rings. The summed E-state index contributed by atoms with van der Waals surface area (Å²) in [6.07, 6.45) is 7.16. The van der Waals surface area contributed by atoms with E-state index in [1.165, 1.54) is 6.07 Å². The fourth-order valence-corrected chi connectivity index (χ4v) is 2.64. The molecule has 0 aliphatic heterocycles. The van der Waals surface area contributed by atoms with Crippen molar-refractivity contribution in [3.63, 3.8) is 0 Å². The molecule has 4 heteroatoms. The van der Waals surface area contributed by atoms with Crippen LogP contribution in [0.25, 0.3) is 12.2 Å². The van der Waals surface area contributed by atoms with Crippen molar-refractivity contribution in [1.29, 1.82) is 0 Å². The molecule has 0 aromatic heterocycles. The van der Waals surface area contributed by atoms with Gasteiger partial charge in [-0.25, -0.2) is 0 Å². The van der Waals surface area contributed by atoms with Crippen LogP contribution in [0.15, 0.2) is 23.1 Å². The molecule has 98 valence electrons. The summed E-state index contributed by atoms with van der Waals surface area (Å²) in [4.78, 5) is -0.0446. The second-order valence-corrected chi connectivity index (χ2v) is 5.51. The standard InChI is InChI=1S/C14H18O3S/c1-5-7-12-11(4)10(3)9-14(18(15,16)17)13(12)8-6-2/h5-9H,1-4H3,(H,15,16,17). The number of allylic oxidation sites excluding steroid dienone is 2. The van der Waals surface area contributed by atoms with Crippen LogP contribution in [0, 0.1) is 13.8 Å². The summed E-state index contributed by atoms with van der Waals surface area (Å²) in [5, 5.41) is 0. The molecule has 0 spiro atoms. The number of hydrogen-bond acceptors (Lipinski definition) is 2. The Hall–Kier alpha value is -1.39. The monoisotopic (exact) mass is 266 g/mol. The third-order valence-electron chi connectivity index (χ3n) is 2.84. The van der Waals surface area contributed by atoms with Gasteiger partial charge in [-0.3, -0.25) is 4.55 Å². The van der Waals surface area contributed by atoms with Gasteiger partial charge in [0, 0.05) is 5.56 Å². The lowest BCUT2D eigenvalue weighted by Gasteiger charge is -2.13. The molecule has 0 heterocycles. The summed E-state index contributed by atoms with van der Waals surface area (Å²) >= 11 is 0. The maximum absolute atomic E-state index is 11.4. The van der Waals surface area contributed by atoms with E-state index in [-0.39, 0.29) is 4.90 Å². The minimum absolute atomic E-state index is 0.0446. The summed E-state index contributed by atoms with van der Waals surface area (Å²) in [6, 6.07) is 1.51. The van der Waals surface area contributed by atoms with Gasteiger partial charge in [-0.2, -0.15) is 8.42 Å². The highest BCUT2D eigenvalue weighted by molar-refractivity contribution is 7.86. The Kier molecular flexibility index (Phi) is 4.48. The number of rotatable bonds is 3. The molecule has 18 heavy (non-hydrogen) atoms. The normalized spacial score (nSPS) is 12.7. The number of benzene rings is 1. The summed E-state index contributed by atoms with van der Waals surface area (Å²) in [7, 11) is -4.22. The zero-order valence-corrected chi connectivity index (χ0v) is 11.9. The predicted octanol–water partition coefficient (Wildman–Crippen LogP) is 3.62. The van der Waals surface area contributed by atoms with E-state index in [1.54, 1.807) is 12.2 Å². The Morgan fingerprint density at radius 2 is 1.56 bits per heavy atom. The molecule has 0 unspecified atom stereocenters. The van der Waals surface area contributed by atoms with Gasteiger partial charge in [-0.15, -0.1) is 0 Å². The lowest BCUT2D eigenvalue weighted by atomic mass is 9.96. The average Bonchev–Trinajstić information content (AvgIpc) is 2.27. The maximum Gasteiger partial charge on any atom is 0.295 e. The quantitative estimate of drug-likeness (QED) is 0.850. The van der Waals surface area contributed by atoms with Crippen LogP contribution >= 0.6 is 0 Å². The SMILES string of the molecule is CC=Cc1c(S(=O)(=O)O)cc(C)c(C)c1C=CC. The van der Waals surface area contributed by atoms with Gasteiger partial charge in [0.2, 0.25) is 0 Å². The highest BCUT2D eigenvalue weighted by atomic mass is 32.2. The van der Waals surface area contributed by atoms with Gasteiger partial charge in [0.1, 0.15) is 4.90 Å². The highest BCUT2D eigenvalue weighted by Gasteiger charge is 2.18. The lowest BCUT2D eigenvalue weighted by Crippen LogP contribution is -2.05. The Morgan fingerprint density at radius 3 is 2.00 bits per heavy atom. The van der Waals surface area contributed by atoms with E-state index >= 15 is 0 Å². The third kappa shape index (κ3) is 2.89. The van der Waals surface area contributed by atoms with E-state index < -0.39 is 10.1 Å². The highest BCUT2D eigenvalue weighted by Crippen LogP contribution is 2.28. The topological polar surface area (TPSA) is 54.4 Å². The van der Waals surface area contributed by atoms with Gasteiger partial charge in [0.15, 0.2) is 0 Å². The first-order valence-corrected chi connectivity index (χ1v) is 7.14. The molecule has 0 bridgehead atoms. The Labute approximate surface area is 109 Å². The minimum atomic E-state index is -4.22. The van der Waals surface area contributed by atoms with E-state index in [9.17, 15) is 13.0 Å². The van der Waals surface area contributed by atoms with Crippen molar-refractivity contribution >= 4 is 22.3 Å². The van der Waals surface area contributed by atoms with Crippen LogP contribution in [0.1, 0.15) is 36.1 Å². The van der Waals surface area contributed by atoms with Crippen LogP contribution in [0.4, 0.5) is 0 Å². The molecule has 3 nitrogen and oxygen atoms in total. The van der Waals surface area contributed by atoms with Crippen molar-refractivity contribution < 1.29 is 13.0 Å². The molecule has 0 saturated heterocycles. The van der Waals surface area contributed by atoms with Crippen LogP contribution in [0.5, 0.6) is 0 Å². The molecule has 1 aromatic rings. The molecule has 0 saturated carbocycles. The molecular weight excluding hydrogens is 248 g/mol. The van der Waals surface area contributed by atoms with E-state index in [4.69, 9.17) is 0 Å². The zero-order valence-electron chi connectivity index (χ0n) is 11.1. The minimum Gasteiger partial charge on any atom is -0.282 e. The van der Waals surface area contributed by atoms with Crippen LogP contribution in [-0.4, -0.2) is 13.0 Å².